The third kappa shape index (κ3) is 3.74. The summed E-state index contributed by atoms with van der Waals surface area (Å²) < 4.78 is 8.06. The Labute approximate surface area is 164 Å². The van der Waals surface area contributed by atoms with Crippen molar-refractivity contribution in [3.8, 4) is 11.5 Å². The van der Waals surface area contributed by atoms with Crippen molar-refractivity contribution in [2.24, 2.45) is 0 Å². The van der Waals surface area contributed by atoms with Gasteiger partial charge in [-0.05, 0) is 57.2 Å². The van der Waals surface area contributed by atoms with E-state index in [4.69, 9.17) is 9.72 Å². The number of aromatic hydroxyl groups is 1. The van der Waals surface area contributed by atoms with E-state index in [-0.39, 0.29) is 11.9 Å². The summed E-state index contributed by atoms with van der Waals surface area (Å²) in [5.41, 5.74) is 2.86. The number of rotatable bonds is 7. The maximum atomic E-state index is 10.2. The lowest BCUT2D eigenvalue weighted by Crippen LogP contribution is -2.34. The summed E-state index contributed by atoms with van der Waals surface area (Å²) in [6, 6.07) is 5.56. The maximum Gasteiger partial charge on any atom is 0.293 e. The number of hydrogen-bond donors (Lipinski definition) is 3. The smallest absolute Gasteiger partial charge is 0.293 e. The number of nitrogens with one attached hydrogen (secondary N) is 2. The third-order valence-corrected chi connectivity index (χ3v) is 5.25. The minimum absolute atomic E-state index is 0.197. The van der Waals surface area contributed by atoms with Crippen LogP contribution in [-0.2, 0) is 13.0 Å². The number of nitrogens with zero attached hydrogens (tertiary/aromatic N) is 3. The Balaban J connectivity index is 1.61. The highest BCUT2D eigenvalue weighted by molar-refractivity contribution is 5.80. The van der Waals surface area contributed by atoms with Crippen LogP contribution in [0.1, 0.15) is 50.9 Å². The lowest BCUT2D eigenvalue weighted by molar-refractivity contribution is -0.672. The van der Waals surface area contributed by atoms with Crippen molar-refractivity contribution < 1.29 is 14.4 Å². The van der Waals surface area contributed by atoms with Crippen LogP contribution in [0.3, 0.4) is 0 Å². The van der Waals surface area contributed by atoms with Gasteiger partial charge in [0.2, 0.25) is 12.1 Å². The third-order valence-electron chi connectivity index (χ3n) is 5.25. The van der Waals surface area contributed by atoms with Gasteiger partial charge in [0, 0.05) is 13.0 Å². The molecule has 7 nitrogen and oxygen atoms in total. The molecule has 1 fully saturated rings. The van der Waals surface area contributed by atoms with Crippen LogP contribution in [0.4, 0.5) is 5.82 Å². The molecule has 1 aromatic carbocycles. The normalized spacial score (nSPS) is 14.6. The molecule has 148 valence electrons. The monoisotopic (exact) mass is 382 g/mol. The van der Waals surface area contributed by atoms with Crippen molar-refractivity contribution >= 4 is 17.0 Å². The fourth-order valence-electron chi connectivity index (χ4n) is 3.79. The van der Waals surface area contributed by atoms with E-state index in [0.717, 1.165) is 54.3 Å². The highest BCUT2D eigenvalue weighted by Gasteiger charge is 2.21. The molecule has 0 aliphatic heterocycles. The Kier molecular flexibility index (Phi) is 5.32. The van der Waals surface area contributed by atoms with Gasteiger partial charge >= 0.3 is 0 Å². The van der Waals surface area contributed by atoms with E-state index < -0.39 is 0 Å². The number of aromatic nitrogens is 4. The van der Waals surface area contributed by atoms with Gasteiger partial charge in [-0.3, -0.25) is 0 Å². The molecule has 0 atom stereocenters. The number of ether oxygens (including phenoxy) is 1. The fourth-order valence-corrected chi connectivity index (χ4v) is 3.79. The molecule has 0 radical (unpaired) electrons. The summed E-state index contributed by atoms with van der Waals surface area (Å²) in [4.78, 5) is 12.7. The molecule has 2 heterocycles. The highest BCUT2D eigenvalue weighted by atomic mass is 16.5. The summed E-state index contributed by atoms with van der Waals surface area (Å²) in [5, 5.41) is 13.5. The zero-order chi connectivity index (χ0) is 19.5. The van der Waals surface area contributed by atoms with E-state index in [2.05, 4.69) is 22.2 Å². The van der Waals surface area contributed by atoms with Gasteiger partial charge in [0.1, 0.15) is 0 Å². The Morgan fingerprint density at radius 3 is 2.86 bits per heavy atom. The predicted molar refractivity (Wildman–Crippen MR) is 108 cm³/mol. The predicted octanol–water partition coefficient (Wildman–Crippen LogP) is 3.31. The molecule has 7 heteroatoms. The van der Waals surface area contributed by atoms with Crippen LogP contribution in [-0.4, -0.2) is 32.7 Å². The zero-order valence-corrected chi connectivity index (χ0v) is 16.5. The Morgan fingerprint density at radius 1 is 1.29 bits per heavy atom. The summed E-state index contributed by atoms with van der Waals surface area (Å²) >= 11 is 0. The first-order valence-electron chi connectivity index (χ1n) is 10.2. The first-order valence-corrected chi connectivity index (χ1v) is 10.2. The standard InChI is InChI=1S/C21H27N5O2/c1-3-22-20-19-21(26(4-2)13-23-20)25-18(24-19)12-14-9-10-16(27)17(11-14)28-15-7-5-6-8-15/h9-11,13,15H,3-8,12H2,1-2H3,(H2,22,24,25,27)/p+1. The van der Waals surface area contributed by atoms with E-state index in [1.54, 1.807) is 6.07 Å². The SMILES string of the molecule is CCNc1nc[n+](CC)c2nc(Cc3ccc(O)c(OC4CCCC4)c3)[nH]c12. The summed E-state index contributed by atoms with van der Waals surface area (Å²) in [7, 11) is 0. The number of benzene rings is 1. The molecule has 28 heavy (non-hydrogen) atoms. The van der Waals surface area contributed by atoms with E-state index in [9.17, 15) is 5.11 Å². The zero-order valence-electron chi connectivity index (χ0n) is 16.5. The average Bonchev–Trinajstić information content (AvgIpc) is 3.35. The minimum atomic E-state index is 0.197. The van der Waals surface area contributed by atoms with Gasteiger partial charge in [-0.1, -0.05) is 16.0 Å². The molecule has 0 unspecified atom stereocenters. The summed E-state index contributed by atoms with van der Waals surface area (Å²) in [6.45, 7) is 5.73. The molecule has 2 aromatic heterocycles. The van der Waals surface area contributed by atoms with Crippen molar-refractivity contribution in [3.63, 3.8) is 0 Å². The van der Waals surface area contributed by atoms with Gasteiger partial charge in [0.05, 0.1) is 12.6 Å². The van der Waals surface area contributed by atoms with E-state index in [1.165, 1.54) is 12.8 Å². The molecule has 1 aliphatic carbocycles. The molecule has 3 N–H and O–H groups in total. The first kappa shape index (κ1) is 18.5. The molecule has 1 aliphatic rings. The Morgan fingerprint density at radius 2 is 2.11 bits per heavy atom. The Hall–Kier alpha value is -2.83. The van der Waals surface area contributed by atoms with Crippen LogP contribution in [0.5, 0.6) is 11.5 Å². The van der Waals surface area contributed by atoms with Crippen LogP contribution in [0.25, 0.3) is 11.2 Å². The number of H-pyrrole nitrogens is 1. The quantitative estimate of drug-likeness (QED) is 0.546. The molecular formula is C21H28N5O2+. The number of hydrogen-bond acceptors (Lipinski definition) is 5. The van der Waals surface area contributed by atoms with Crippen molar-refractivity contribution in [3.05, 3.63) is 35.9 Å². The summed E-state index contributed by atoms with van der Waals surface area (Å²) in [6.07, 6.45) is 7.18. The van der Waals surface area contributed by atoms with E-state index >= 15 is 0 Å². The fraction of sp³-hybridized carbons (Fsp3) is 0.476. The molecular weight excluding hydrogens is 354 g/mol. The van der Waals surface area contributed by atoms with Crippen LogP contribution >= 0.6 is 0 Å². The number of aryl methyl sites for hydroxylation is 1. The highest BCUT2D eigenvalue weighted by Crippen LogP contribution is 2.32. The lowest BCUT2D eigenvalue weighted by atomic mass is 10.1. The molecule has 1 saturated carbocycles. The molecule has 0 amide bonds. The second-order valence-corrected chi connectivity index (χ2v) is 7.29. The number of anilines is 1. The van der Waals surface area contributed by atoms with Crippen LogP contribution in [0.15, 0.2) is 24.5 Å². The van der Waals surface area contributed by atoms with Gasteiger partial charge in [0.25, 0.3) is 5.65 Å². The van der Waals surface area contributed by atoms with Crippen LogP contribution in [0.2, 0.25) is 0 Å². The maximum absolute atomic E-state index is 10.2. The molecule has 0 spiro atoms. The molecule has 0 saturated heterocycles. The molecule has 4 rings (SSSR count). The second kappa shape index (κ2) is 8.04. The molecule has 3 aromatic rings. The number of phenolic OH excluding ortho intramolecular Hbond substituents is 1. The van der Waals surface area contributed by atoms with Gasteiger partial charge in [-0.25, -0.2) is 4.57 Å². The van der Waals surface area contributed by atoms with Crippen molar-refractivity contribution in [2.75, 3.05) is 11.9 Å². The van der Waals surface area contributed by atoms with Crippen molar-refractivity contribution in [1.82, 2.24) is 15.0 Å². The first-order chi connectivity index (χ1) is 13.7. The number of phenols is 1. The van der Waals surface area contributed by atoms with Gasteiger partial charge in [0.15, 0.2) is 22.8 Å². The molecule has 0 bridgehead atoms. The number of imidazole rings is 1. The van der Waals surface area contributed by atoms with Crippen LogP contribution < -0.4 is 14.6 Å². The van der Waals surface area contributed by atoms with Crippen molar-refractivity contribution in [2.45, 2.75) is 58.6 Å². The average molecular weight is 382 g/mol. The number of aromatic amines is 1. The largest absolute Gasteiger partial charge is 0.504 e. The Bertz CT molecular complexity index is 963. The number of fused-ring (bicyclic) bond motifs is 1. The van der Waals surface area contributed by atoms with Crippen molar-refractivity contribution in [1.29, 1.82) is 0 Å². The van der Waals surface area contributed by atoms with E-state index in [0.29, 0.717) is 12.2 Å². The lowest BCUT2D eigenvalue weighted by Gasteiger charge is -2.14. The van der Waals surface area contributed by atoms with E-state index in [1.807, 2.05) is 30.0 Å². The summed E-state index contributed by atoms with van der Waals surface area (Å²) in [5.74, 6) is 2.45. The van der Waals surface area contributed by atoms with Gasteiger partial charge in [-0.2, -0.15) is 0 Å². The van der Waals surface area contributed by atoms with Gasteiger partial charge < -0.3 is 20.1 Å². The van der Waals surface area contributed by atoms with Crippen LogP contribution in [0, 0.1) is 0 Å². The van der Waals surface area contributed by atoms with Gasteiger partial charge in [-0.15, -0.1) is 0 Å². The topological polar surface area (TPSA) is 86.9 Å². The second-order valence-electron chi connectivity index (χ2n) is 7.29. The minimum Gasteiger partial charge on any atom is -0.504 e.